The van der Waals surface area contributed by atoms with Crippen molar-refractivity contribution in [1.29, 1.82) is 0 Å². The molecule has 4 fully saturated rings. The fourth-order valence-corrected chi connectivity index (χ4v) is 16.7. The Balaban J connectivity index is 1.09. The second-order valence-corrected chi connectivity index (χ2v) is 26.1. The first-order valence-corrected chi connectivity index (χ1v) is 30.1. The van der Waals surface area contributed by atoms with E-state index >= 15 is 4.79 Å². The molecule has 5 aliphatic carbocycles. The first-order valence-electron chi connectivity index (χ1n) is 30.1. The number of ether oxygens (including phenoxy) is 7. The lowest BCUT2D eigenvalue weighted by atomic mass is 9.45. The van der Waals surface area contributed by atoms with Crippen LogP contribution in [0.15, 0.2) is 46.3 Å². The van der Waals surface area contributed by atoms with Crippen LogP contribution in [-0.2, 0) is 47.5 Å². The van der Waals surface area contributed by atoms with E-state index in [1.165, 1.54) is 5.57 Å². The highest BCUT2D eigenvalue weighted by atomic mass is 16.7. The summed E-state index contributed by atoms with van der Waals surface area (Å²) < 4.78 is 44.6. The normalized spacial score (nSPS) is 48.0. The van der Waals surface area contributed by atoms with Crippen molar-refractivity contribution < 1.29 is 73.1 Å². The molecular weight excluding hydrogens is 997 g/mol. The number of ketones is 3. The molecule has 15 nitrogen and oxygen atoms in total. The van der Waals surface area contributed by atoms with Gasteiger partial charge in [-0.05, 0) is 120 Å². The van der Waals surface area contributed by atoms with E-state index in [4.69, 9.17) is 33.2 Å². The smallest absolute Gasteiger partial charge is 0.177 e. The number of aliphatic hydroxyl groups is 5. The van der Waals surface area contributed by atoms with Crippen LogP contribution in [0.4, 0.5) is 0 Å². The van der Waals surface area contributed by atoms with Gasteiger partial charge in [0.05, 0.1) is 48.3 Å². The van der Waals surface area contributed by atoms with E-state index in [1.807, 2.05) is 27.7 Å². The van der Waals surface area contributed by atoms with Crippen molar-refractivity contribution in [2.24, 2.45) is 75.9 Å². The minimum absolute atomic E-state index is 0.000353. The number of fused-ring (bicyclic) bond motifs is 3. The van der Waals surface area contributed by atoms with Gasteiger partial charge in [-0.25, -0.2) is 0 Å². The van der Waals surface area contributed by atoms with Crippen molar-refractivity contribution in [3.05, 3.63) is 46.3 Å². The molecule has 0 aromatic rings. The van der Waals surface area contributed by atoms with Crippen LogP contribution in [0.1, 0.15) is 161 Å². The van der Waals surface area contributed by atoms with E-state index in [9.17, 15) is 35.1 Å². The maximum Gasteiger partial charge on any atom is 0.177 e. The van der Waals surface area contributed by atoms with Crippen molar-refractivity contribution in [1.82, 2.24) is 0 Å². The van der Waals surface area contributed by atoms with E-state index < -0.39 is 102 Å². The summed E-state index contributed by atoms with van der Waals surface area (Å²) in [6, 6.07) is 0. The van der Waals surface area contributed by atoms with Crippen LogP contribution < -0.4 is 0 Å². The van der Waals surface area contributed by atoms with Crippen molar-refractivity contribution in [2.75, 3.05) is 13.7 Å². The zero-order valence-electron chi connectivity index (χ0n) is 49.4. The van der Waals surface area contributed by atoms with Gasteiger partial charge in [0, 0.05) is 74.4 Å². The molecule has 0 aromatic heterocycles. The molecule has 3 saturated heterocycles. The molecule has 0 aromatic carbocycles. The van der Waals surface area contributed by atoms with Crippen LogP contribution in [0.5, 0.6) is 0 Å². The van der Waals surface area contributed by atoms with Gasteiger partial charge < -0.3 is 58.7 Å². The topological polar surface area (TPSA) is 217 Å². The maximum absolute atomic E-state index is 16.3. The molecule has 1 spiro atoms. The highest BCUT2D eigenvalue weighted by Crippen LogP contribution is 2.64. The second kappa shape index (κ2) is 24.7. The molecular formula is C63H98O15. The maximum atomic E-state index is 16.3. The predicted molar refractivity (Wildman–Crippen MR) is 293 cm³/mol. The summed E-state index contributed by atoms with van der Waals surface area (Å²) in [6.45, 7) is 26.4. The van der Waals surface area contributed by atoms with Crippen LogP contribution in [0.2, 0.25) is 0 Å². The molecule has 3 aliphatic heterocycles. The fraction of sp³-hybridized carbons (Fsp3) is 0.825. The minimum atomic E-state index is -1.21. The Morgan fingerprint density at radius 2 is 1.29 bits per heavy atom. The Kier molecular flexibility index (Phi) is 19.4. The lowest BCUT2D eigenvalue weighted by Gasteiger charge is -2.56. The largest absolute Gasteiger partial charge is 0.511 e. The summed E-state index contributed by atoms with van der Waals surface area (Å²) in [4.78, 5) is 45.4. The zero-order chi connectivity index (χ0) is 57.0. The van der Waals surface area contributed by atoms with Crippen LogP contribution in [-0.4, -0.2) is 137 Å². The first-order chi connectivity index (χ1) is 36.8. The van der Waals surface area contributed by atoms with Gasteiger partial charge in [-0.3, -0.25) is 14.4 Å². The molecule has 15 heteroatoms. The third-order valence-electron chi connectivity index (χ3n) is 21.0. The number of methoxy groups -OCH3 is 1. The van der Waals surface area contributed by atoms with Crippen molar-refractivity contribution in [3.8, 4) is 0 Å². The summed E-state index contributed by atoms with van der Waals surface area (Å²) in [7, 11) is 1.59. The lowest BCUT2D eigenvalue weighted by Crippen LogP contribution is -2.57. The monoisotopic (exact) mass is 1090 g/mol. The number of aliphatic hydroxyl groups excluding tert-OH is 5. The standard InChI is InChI=1S/C63H98O15/c1-15-42-23-41(29-64)19-35(8)57(76-51-25-47(67)58(39(12)74-51)77-52-26-49(72-14)59(40(13)75-52)78-50-24-46(66)56(69)38(11)73-50)31(4)18-17-30(3)44-21-32(5)36(9)27-62(44)28-48(68)53(60(62)70)61(71)63(16-2)54(42)34(7)20-43-33(6)22-45(65)37(10)55(43)63/h20-21,23,30-31,33,35-41,43-44,46-47,49-52,54-59,64,66-67,69-70H,15-19,22,24-29H2,1-14H3. The number of carbonyl (C=O) groups is 3. The van der Waals surface area contributed by atoms with E-state index in [-0.39, 0.29) is 108 Å². The molecule has 5 N–H and O–H groups in total. The van der Waals surface area contributed by atoms with Crippen LogP contribution in [0, 0.1) is 75.9 Å². The van der Waals surface area contributed by atoms with Gasteiger partial charge in [-0.15, -0.1) is 0 Å². The summed E-state index contributed by atoms with van der Waals surface area (Å²) >= 11 is 0. The van der Waals surface area contributed by atoms with Gasteiger partial charge in [0.15, 0.2) is 30.4 Å². The Labute approximate surface area is 465 Å². The number of hydrogen-bond donors (Lipinski definition) is 5. The molecule has 440 valence electrons. The van der Waals surface area contributed by atoms with Gasteiger partial charge in [0.2, 0.25) is 0 Å². The van der Waals surface area contributed by atoms with Crippen molar-refractivity contribution in [2.45, 2.75) is 241 Å². The summed E-state index contributed by atoms with van der Waals surface area (Å²) in [5.74, 6) is -2.61. The van der Waals surface area contributed by atoms with Crippen molar-refractivity contribution in [3.63, 3.8) is 0 Å². The SMILES string of the molecule is CCC1=CC(CO)CC(C)C(OC2CC(O)C(OC3CC(OC)C(OC4CC(O)C(O)C(C)O4)C(C)O3)C(C)O2)C(C)CCC(C)C2C=C(C)C(C)CC23CC(=O)C(=C3O)C(=O)C2(CC)C1C(C)=CC1C(C)CC(=O)C(C)C12. The summed E-state index contributed by atoms with van der Waals surface area (Å²) in [6.07, 6.45) is 2.08. The molecule has 0 radical (unpaired) electrons. The van der Waals surface area contributed by atoms with Gasteiger partial charge >= 0.3 is 0 Å². The predicted octanol–water partition coefficient (Wildman–Crippen LogP) is 9.07. The first kappa shape index (κ1) is 61.4. The van der Waals surface area contributed by atoms with E-state index in [1.54, 1.807) is 14.0 Å². The average molecular weight is 1100 g/mol. The number of Topliss-reactive ketones (excluding diaryl/α,β-unsaturated/α-hetero) is 3. The molecule has 8 rings (SSSR count). The Morgan fingerprint density at radius 1 is 0.692 bits per heavy atom. The molecule has 8 aliphatic rings. The van der Waals surface area contributed by atoms with E-state index in [0.29, 0.717) is 38.5 Å². The summed E-state index contributed by atoms with van der Waals surface area (Å²) in [5, 5.41) is 56.9. The second-order valence-electron chi connectivity index (χ2n) is 26.1. The average Bonchev–Trinajstić information content (AvgIpc) is 3.85. The summed E-state index contributed by atoms with van der Waals surface area (Å²) in [5.41, 5.74) is 0.981. The van der Waals surface area contributed by atoms with Gasteiger partial charge in [-0.2, -0.15) is 0 Å². The third-order valence-corrected chi connectivity index (χ3v) is 21.0. The number of hydrogen-bond acceptors (Lipinski definition) is 15. The lowest BCUT2D eigenvalue weighted by molar-refractivity contribution is -0.338. The van der Waals surface area contributed by atoms with Gasteiger partial charge in [0.25, 0.3) is 0 Å². The molecule has 26 atom stereocenters. The van der Waals surface area contributed by atoms with Crippen LogP contribution in [0.25, 0.3) is 0 Å². The molecule has 78 heavy (non-hydrogen) atoms. The Hall–Kier alpha value is -2.67. The molecule has 2 bridgehead atoms. The fourth-order valence-electron chi connectivity index (χ4n) is 16.7. The zero-order valence-corrected chi connectivity index (χ0v) is 49.4. The van der Waals surface area contributed by atoms with Gasteiger partial charge in [-0.1, -0.05) is 90.3 Å². The number of rotatable bonds is 10. The number of carbonyl (C=O) groups excluding carboxylic acids is 3. The highest BCUT2D eigenvalue weighted by Gasteiger charge is 2.64. The molecule has 3 heterocycles. The molecule has 26 unspecified atom stereocenters. The van der Waals surface area contributed by atoms with E-state index in [0.717, 1.165) is 24.0 Å². The highest BCUT2D eigenvalue weighted by molar-refractivity contribution is 6.24. The Bertz CT molecular complexity index is 2270. The minimum Gasteiger partial charge on any atom is -0.511 e. The third kappa shape index (κ3) is 11.4. The van der Waals surface area contributed by atoms with Crippen LogP contribution in [0.3, 0.4) is 0 Å². The van der Waals surface area contributed by atoms with E-state index in [2.05, 4.69) is 73.6 Å². The Morgan fingerprint density at radius 3 is 1.91 bits per heavy atom. The van der Waals surface area contributed by atoms with Crippen molar-refractivity contribution >= 4 is 17.3 Å². The van der Waals surface area contributed by atoms with Crippen LogP contribution >= 0.6 is 0 Å². The molecule has 1 saturated carbocycles. The van der Waals surface area contributed by atoms with Gasteiger partial charge in [0.1, 0.15) is 29.9 Å². The quantitative estimate of drug-likeness (QED) is 0.102. The molecule has 0 amide bonds. The number of allylic oxidation sites excluding steroid dienone is 7.